The lowest BCUT2D eigenvalue weighted by atomic mass is 10.1. The Bertz CT molecular complexity index is 1280. The number of halogens is 7. The first kappa shape index (κ1) is 22.1. The molecule has 1 aromatic carbocycles. The third-order valence-corrected chi connectivity index (χ3v) is 5.23. The Morgan fingerprint density at radius 2 is 1.78 bits per heavy atom. The van der Waals surface area contributed by atoms with E-state index >= 15 is 0 Å². The summed E-state index contributed by atoms with van der Waals surface area (Å²) in [6.45, 7) is 0. The van der Waals surface area contributed by atoms with Crippen LogP contribution in [-0.2, 0) is 0 Å². The van der Waals surface area contributed by atoms with Gasteiger partial charge in [0.25, 0.3) is 5.91 Å². The van der Waals surface area contributed by atoms with Gasteiger partial charge in [0.2, 0.25) is 5.43 Å². The Hall–Kier alpha value is -3.08. The van der Waals surface area contributed by atoms with Gasteiger partial charge in [-0.15, -0.1) is 0 Å². The predicted molar refractivity (Wildman–Crippen MR) is 102 cm³/mol. The van der Waals surface area contributed by atoms with Gasteiger partial charge in [-0.3, -0.25) is 14.2 Å². The minimum absolute atomic E-state index is 0.170. The van der Waals surface area contributed by atoms with E-state index in [1.165, 1.54) is 0 Å². The molecule has 1 atom stereocenters. The maximum atomic E-state index is 14.5. The van der Waals surface area contributed by atoms with Crippen molar-refractivity contribution in [2.45, 2.75) is 25.1 Å². The van der Waals surface area contributed by atoms with Gasteiger partial charge in [-0.2, -0.15) is 13.2 Å². The topological polar surface area (TPSA) is 64.0 Å². The standard InChI is InChI=1S/C20H12ClF6N3O2/c21-14-4-3-10-16(31)11(19(32)29-17(8-1-2-8)20(25,26)27)7-30(18(10)28-14)15-12(23)5-9(22)6-13(15)24/h3-8,17H,1-2H2,(H,29,32). The number of hydrogen-bond acceptors (Lipinski definition) is 3. The second kappa shape index (κ2) is 7.80. The van der Waals surface area contributed by atoms with Crippen molar-refractivity contribution >= 4 is 28.5 Å². The quantitative estimate of drug-likeness (QED) is 0.445. The fourth-order valence-electron chi connectivity index (χ4n) is 3.39. The van der Waals surface area contributed by atoms with Crippen molar-refractivity contribution in [2.75, 3.05) is 0 Å². The van der Waals surface area contributed by atoms with Crippen LogP contribution in [0.25, 0.3) is 16.7 Å². The Morgan fingerprint density at radius 3 is 2.34 bits per heavy atom. The van der Waals surface area contributed by atoms with E-state index in [1.54, 1.807) is 5.32 Å². The van der Waals surface area contributed by atoms with E-state index in [-0.39, 0.29) is 29.0 Å². The average molecular weight is 476 g/mol. The third kappa shape index (κ3) is 4.04. The molecule has 5 nitrogen and oxygen atoms in total. The predicted octanol–water partition coefficient (Wildman–Crippen LogP) is 4.53. The molecule has 0 bridgehead atoms. The minimum atomic E-state index is -4.75. The molecule has 12 heteroatoms. The summed E-state index contributed by atoms with van der Waals surface area (Å²) in [6.07, 6.45) is -3.60. The lowest BCUT2D eigenvalue weighted by Gasteiger charge is -2.21. The lowest BCUT2D eigenvalue weighted by Crippen LogP contribution is -2.48. The summed E-state index contributed by atoms with van der Waals surface area (Å²) in [4.78, 5) is 29.3. The van der Waals surface area contributed by atoms with Gasteiger partial charge in [0.15, 0.2) is 11.6 Å². The van der Waals surface area contributed by atoms with Crippen LogP contribution in [0.4, 0.5) is 26.3 Å². The van der Waals surface area contributed by atoms with Crippen molar-refractivity contribution in [3.05, 3.63) is 68.9 Å². The maximum Gasteiger partial charge on any atom is 0.408 e. The van der Waals surface area contributed by atoms with Gasteiger partial charge in [-0.25, -0.2) is 18.2 Å². The highest BCUT2D eigenvalue weighted by molar-refractivity contribution is 6.29. The van der Waals surface area contributed by atoms with E-state index in [4.69, 9.17) is 11.6 Å². The number of carbonyl (C=O) groups is 1. The summed E-state index contributed by atoms with van der Waals surface area (Å²) in [5.74, 6) is -6.22. The number of pyridine rings is 2. The number of alkyl halides is 3. The summed E-state index contributed by atoms with van der Waals surface area (Å²) in [5, 5.41) is 1.29. The average Bonchev–Trinajstić information content (AvgIpc) is 3.50. The van der Waals surface area contributed by atoms with Gasteiger partial charge in [-0.1, -0.05) is 11.6 Å². The van der Waals surface area contributed by atoms with Crippen LogP contribution >= 0.6 is 11.6 Å². The van der Waals surface area contributed by atoms with Crippen molar-refractivity contribution in [3.8, 4) is 5.69 Å². The SMILES string of the molecule is O=C(NC(C1CC1)C(F)(F)F)c1cn(-c2c(F)cc(F)cc2F)c2nc(Cl)ccc2c1=O. The van der Waals surface area contributed by atoms with Crippen molar-refractivity contribution in [3.63, 3.8) is 0 Å². The van der Waals surface area contributed by atoms with Crippen LogP contribution in [0.3, 0.4) is 0 Å². The van der Waals surface area contributed by atoms with E-state index in [0.29, 0.717) is 22.9 Å². The molecule has 1 aliphatic rings. The van der Waals surface area contributed by atoms with Gasteiger partial charge in [0.05, 0.1) is 5.39 Å². The van der Waals surface area contributed by atoms with Crippen LogP contribution in [0.2, 0.25) is 5.15 Å². The fourth-order valence-corrected chi connectivity index (χ4v) is 3.54. The zero-order valence-electron chi connectivity index (χ0n) is 15.8. The highest BCUT2D eigenvalue weighted by Gasteiger charge is 2.49. The molecule has 4 rings (SSSR count). The van der Waals surface area contributed by atoms with Crippen LogP contribution in [0, 0.1) is 23.4 Å². The molecule has 3 aromatic rings. The number of benzene rings is 1. The van der Waals surface area contributed by atoms with Gasteiger partial charge in [0, 0.05) is 18.3 Å². The summed E-state index contributed by atoms with van der Waals surface area (Å²) >= 11 is 5.82. The zero-order chi connectivity index (χ0) is 23.4. The molecule has 0 saturated heterocycles. The molecule has 1 amide bonds. The Labute approximate surface area is 180 Å². The van der Waals surface area contributed by atoms with Crippen molar-refractivity contribution in [1.82, 2.24) is 14.9 Å². The summed E-state index contributed by atoms with van der Waals surface area (Å²) in [7, 11) is 0. The molecule has 1 unspecified atom stereocenters. The normalized spacial score (nSPS) is 15.1. The van der Waals surface area contributed by atoms with E-state index in [1.807, 2.05) is 0 Å². The number of aromatic nitrogens is 2. The molecular formula is C20H12ClF6N3O2. The summed E-state index contributed by atoms with van der Waals surface area (Å²) in [6, 6.07) is 0.819. The number of hydrogen-bond donors (Lipinski definition) is 1. The van der Waals surface area contributed by atoms with Gasteiger partial charge in [-0.05, 0) is 30.9 Å². The number of fused-ring (bicyclic) bond motifs is 1. The number of nitrogens with one attached hydrogen (secondary N) is 1. The first-order valence-electron chi connectivity index (χ1n) is 9.21. The number of carbonyl (C=O) groups excluding carboxylic acids is 1. The monoisotopic (exact) mass is 475 g/mol. The summed E-state index contributed by atoms with van der Waals surface area (Å²) in [5.41, 5.74) is -3.09. The Morgan fingerprint density at radius 1 is 1.16 bits per heavy atom. The van der Waals surface area contributed by atoms with E-state index < -0.39 is 58.2 Å². The molecule has 32 heavy (non-hydrogen) atoms. The molecule has 1 saturated carbocycles. The molecule has 0 aliphatic heterocycles. The fraction of sp³-hybridized carbons (Fsp3) is 0.250. The molecule has 2 heterocycles. The molecule has 168 valence electrons. The van der Waals surface area contributed by atoms with Crippen LogP contribution < -0.4 is 10.7 Å². The second-order valence-electron chi connectivity index (χ2n) is 7.30. The Kier molecular flexibility index (Phi) is 5.40. The van der Waals surface area contributed by atoms with E-state index in [9.17, 15) is 35.9 Å². The number of nitrogens with zero attached hydrogens (tertiary/aromatic N) is 2. The molecule has 1 fully saturated rings. The molecule has 0 spiro atoms. The highest BCUT2D eigenvalue weighted by Crippen LogP contribution is 2.40. The number of rotatable bonds is 4. The highest BCUT2D eigenvalue weighted by atomic mass is 35.5. The smallest absolute Gasteiger partial charge is 0.340 e. The van der Waals surface area contributed by atoms with Crippen molar-refractivity contribution in [2.24, 2.45) is 5.92 Å². The summed E-state index contributed by atoms with van der Waals surface area (Å²) < 4.78 is 82.9. The molecule has 1 aliphatic carbocycles. The van der Waals surface area contributed by atoms with Crippen molar-refractivity contribution < 1.29 is 31.1 Å². The maximum absolute atomic E-state index is 14.5. The largest absolute Gasteiger partial charge is 0.408 e. The third-order valence-electron chi connectivity index (χ3n) is 5.02. The van der Waals surface area contributed by atoms with Gasteiger partial charge < -0.3 is 5.32 Å². The molecule has 1 N–H and O–H groups in total. The van der Waals surface area contributed by atoms with Crippen molar-refractivity contribution in [1.29, 1.82) is 0 Å². The van der Waals surface area contributed by atoms with Gasteiger partial charge in [0.1, 0.15) is 33.9 Å². The lowest BCUT2D eigenvalue weighted by molar-refractivity contribution is -0.158. The minimum Gasteiger partial charge on any atom is -0.340 e. The number of amides is 1. The Balaban J connectivity index is 1.92. The molecule has 0 radical (unpaired) electrons. The van der Waals surface area contributed by atoms with Crippen LogP contribution in [-0.4, -0.2) is 27.7 Å². The van der Waals surface area contributed by atoms with E-state index in [0.717, 1.165) is 12.1 Å². The van der Waals surface area contributed by atoms with Crippen LogP contribution in [0.1, 0.15) is 23.2 Å². The van der Waals surface area contributed by atoms with E-state index in [2.05, 4.69) is 4.98 Å². The second-order valence-corrected chi connectivity index (χ2v) is 7.68. The van der Waals surface area contributed by atoms with Gasteiger partial charge >= 0.3 is 6.18 Å². The first-order valence-corrected chi connectivity index (χ1v) is 9.59. The molecule has 2 aromatic heterocycles. The van der Waals surface area contributed by atoms with Crippen LogP contribution in [0.15, 0.2) is 35.3 Å². The first-order chi connectivity index (χ1) is 15.0. The molecular weight excluding hydrogens is 464 g/mol. The zero-order valence-corrected chi connectivity index (χ0v) is 16.6. The van der Waals surface area contributed by atoms with Crippen LogP contribution in [0.5, 0.6) is 0 Å².